The number of hydrogen-bond donors (Lipinski definition) is 0. The van der Waals surface area contributed by atoms with E-state index in [0.717, 1.165) is 37.3 Å². The van der Waals surface area contributed by atoms with Crippen LogP contribution in [0.1, 0.15) is 47.4 Å². The molecule has 1 amide bonds. The van der Waals surface area contributed by atoms with Gasteiger partial charge in [0.05, 0.1) is 12.1 Å². The largest absolute Gasteiger partial charge is 0.345 e. The molecule has 8 heteroatoms. The van der Waals surface area contributed by atoms with Crippen molar-refractivity contribution in [3.05, 3.63) is 45.9 Å². The molecular formula is C20H30N6O2. The van der Waals surface area contributed by atoms with E-state index in [0.29, 0.717) is 25.2 Å². The van der Waals surface area contributed by atoms with E-state index in [1.807, 2.05) is 43.8 Å². The number of aromatic nitrogens is 4. The number of carbonyl (C=O) groups is 1. The maximum absolute atomic E-state index is 12.9. The maximum atomic E-state index is 12.9. The first-order valence-electron chi connectivity index (χ1n) is 9.94. The average Bonchev–Trinajstić information content (AvgIpc) is 3.01. The van der Waals surface area contributed by atoms with Crippen LogP contribution in [-0.2, 0) is 13.1 Å². The normalized spacial score (nSPS) is 17.3. The van der Waals surface area contributed by atoms with E-state index in [4.69, 9.17) is 0 Å². The van der Waals surface area contributed by atoms with Crippen LogP contribution in [-0.4, -0.2) is 68.8 Å². The highest BCUT2D eigenvalue weighted by atomic mass is 16.2. The summed E-state index contributed by atoms with van der Waals surface area (Å²) in [7, 11) is 3.96. The molecule has 2 aromatic rings. The second-order valence-electron chi connectivity index (χ2n) is 7.75. The fraction of sp³-hybridized carbons (Fsp3) is 0.600. The minimum atomic E-state index is -0.0642. The number of likely N-dealkylation sites (tertiary alicyclic amines) is 1. The highest BCUT2D eigenvalue weighted by molar-refractivity contribution is 5.94. The highest BCUT2D eigenvalue weighted by Crippen LogP contribution is 2.26. The Morgan fingerprint density at radius 2 is 2.11 bits per heavy atom. The van der Waals surface area contributed by atoms with E-state index in [9.17, 15) is 9.59 Å². The predicted molar refractivity (Wildman–Crippen MR) is 108 cm³/mol. The summed E-state index contributed by atoms with van der Waals surface area (Å²) in [6.07, 6.45) is 5.20. The molecule has 152 valence electrons. The van der Waals surface area contributed by atoms with Crippen molar-refractivity contribution in [1.29, 1.82) is 0 Å². The van der Waals surface area contributed by atoms with Crippen molar-refractivity contribution in [2.75, 3.05) is 33.7 Å². The van der Waals surface area contributed by atoms with Crippen molar-refractivity contribution in [3.8, 4) is 0 Å². The third-order valence-electron chi connectivity index (χ3n) is 5.22. The average molecular weight is 387 g/mol. The molecule has 0 spiro atoms. The lowest BCUT2D eigenvalue weighted by atomic mass is 9.96. The Morgan fingerprint density at radius 3 is 2.79 bits per heavy atom. The number of aryl methyl sites for hydroxylation is 1. The van der Waals surface area contributed by atoms with Crippen LogP contribution in [0.15, 0.2) is 23.3 Å². The molecule has 1 aliphatic rings. The van der Waals surface area contributed by atoms with Crippen LogP contribution in [0.5, 0.6) is 0 Å². The second-order valence-corrected chi connectivity index (χ2v) is 7.75. The van der Waals surface area contributed by atoms with Crippen molar-refractivity contribution in [2.45, 2.75) is 45.7 Å². The molecule has 0 saturated carbocycles. The number of carbonyl (C=O) groups excluding carboxylic acids is 1. The van der Waals surface area contributed by atoms with E-state index in [1.165, 1.54) is 0 Å². The summed E-state index contributed by atoms with van der Waals surface area (Å²) in [4.78, 5) is 33.7. The van der Waals surface area contributed by atoms with Gasteiger partial charge in [-0.05, 0) is 52.4 Å². The van der Waals surface area contributed by atoms with Crippen LogP contribution >= 0.6 is 0 Å². The number of hydrogen-bond acceptors (Lipinski definition) is 5. The van der Waals surface area contributed by atoms with Gasteiger partial charge in [-0.15, -0.1) is 0 Å². The molecule has 1 atom stereocenters. The van der Waals surface area contributed by atoms with Crippen molar-refractivity contribution in [1.82, 2.24) is 29.1 Å². The molecule has 0 aliphatic carbocycles. The number of rotatable bonds is 6. The summed E-state index contributed by atoms with van der Waals surface area (Å²) in [5, 5.41) is 4.65. The van der Waals surface area contributed by atoms with Gasteiger partial charge in [-0.25, -0.2) is 9.48 Å². The summed E-state index contributed by atoms with van der Waals surface area (Å²) < 4.78 is 3.31. The fourth-order valence-corrected chi connectivity index (χ4v) is 3.72. The zero-order valence-electron chi connectivity index (χ0n) is 17.3. The molecule has 28 heavy (non-hydrogen) atoms. The molecule has 0 N–H and O–H groups in total. The van der Waals surface area contributed by atoms with E-state index < -0.39 is 0 Å². The molecule has 0 unspecified atom stereocenters. The van der Waals surface area contributed by atoms with Gasteiger partial charge in [0, 0.05) is 44.5 Å². The minimum Gasteiger partial charge on any atom is -0.338 e. The molecule has 2 aromatic heterocycles. The van der Waals surface area contributed by atoms with E-state index in [1.54, 1.807) is 21.6 Å². The lowest BCUT2D eigenvalue weighted by molar-refractivity contribution is 0.0702. The number of pyridine rings is 1. The molecule has 3 rings (SSSR count). The Bertz CT molecular complexity index is 885. The van der Waals surface area contributed by atoms with Gasteiger partial charge in [-0.2, -0.15) is 5.10 Å². The third kappa shape index (κ3) is 4.32. The first-order valence-corrected chi connectivity index (χ1v) is 9.94. The van der Waals surface area contributed by atoms with Crippen molar-refractivity contribution >= 4 is 5.91 Å². The summed E-state index contributed by atoms with van der Waals surface area (Å²) in [5.74, 6) is 0.869. The lowest BCUT2D eigenvalue weighted by Gasteiger charge is -2.32. The van der Waals surface area contributed by atoms with Gasteiger partial charge >= 0.3 is 5.69 Å². The Morgan fingerprint density at radius 1 is 1.32 bits per heavy atom. The zero-order valence-corrected chi connectivity index (χ0v) is 17.3. The summed E-state index contributed by atoms with van der Waals surface area (Å²) in [5.41, 5.74) is 1.52. The lowest BCUT2D eigenvalue weighted by Crippen LogP contribution is -2.40. The Balaban J connectivity index is 1.81. The first kappa shape index (κ1) is 20.3. The van der Waals surface area contributed by atoms with Crippen LogP contribution in [0, 0.1) is 6.92 Å². The van der Waals surface area contributed by atoms with E-state index >= 15 is 0 Å². The Labute approximate surface area is 165 Å². The maximum Gasteiger partial charge on any atom is 0.345 e. The van der Waals surface area contributed by atoms with E-state index in [2.05, 4.69) is 10.1 Å². The van der Waals surface area contributed by atoms with Crippen LogP contribution in [0.4, 0.5) is 0 Å². The summed E-state index contributed by atoms with van der Waals surface area (Å²) in [6.45, 7) is 7.11. The standard InChI is InChI=1S/C20H30N6O2/c1-5-25-18(22-26(20(25)28)10-9-23(3)4)16-7-6-8-24(14-16)19(27)17-11-15(2)12-21-13-17/h11-13,16H,5-10,14H2,1-4H3/t16-/m0/s1. The molecule has 1 aliphatic heterocycles. The van der Waals surface area contributed by atoms with Crippen LogP contribution in [0.2, 0.25) is 0 Å². The number of piperidine rings is 1. The van der Waals surface area contributed by atoms with Crippen molar-refractivity contribution < 1.29 is 4.79 Å². The van der Waals surface area contributed by atoms with Crippen molar-refractivity contribution in [2.24, 2.45) is 0 Å². The molecule has 1 fully saturated rings. The predicted octanol–water partition coefficient (Wildman–Crippen LogP) is 1.35. The molecule has 0 bridgehead atoms. The summed E-state index contributed by atoms with van der Waals surface area (Å²) >= 11 is 0. The van der Waals surface area contributed by atoms with Gasteiger partial charge in [0.2, 0.25) is 0 Å². The SMILES string of the molecule is CCn1c([C@H]2CCCN(C(=O)c3cncc(C)c3)C2)nn(CCN(C)C)c1=O. The van der Waals surface area contributed by atoms with Gasteiger partial charge in [0.1, 0.15) is 5.82 Å². The zero-order chi connectivity index (χ0) is 20.3. The number of nitrogens with zero attached hydrogens (tertiary/aromatic N) is 6. The monoisotopic (exact) mass is 386 g/mol. The van der Waals surface area contributed by atoms with Crippen LogP contribution in [0.3, 0.4) is 0 Å². The van der Waals surface area contributed by atoms with Crippen molar-refractivity contribution in [3.63, 3.8) is 0 Å². The van der Waals surface area contributed by atoms with Gasteiger partial charge in [0.15, 0.2) is 0 Å². The van der Waals surface area contributed by atoms with Crippen LogP contribution in [0.25, 0.3) is 0 Å². The van der Waals surface area contributed by atoms with Gasteiger partial charge in [-0.3, -0.25) is 14.3 Å². The highest BCUT2D eigenvalue weighted by Gasteiger charge is 2.29. The summed E-state index contributed by atoms with van der Waals surface area (Å²) in [6, 6.07) is 1.87. The second kappa shape index (κ2) is 8.68. The molecule has 3 heterocycles. The number of amides is 1. The minimum absolute atomic E-state index is 0.00154. The van der Waals surface area contributed by atoms with Crippen LogP contribution < -0.4 is 5.69 Å². The molecule has 1 saturated heterocycles. The molecular weight excluding hydrogens is 356 g/mol. The number of likely N-dealkylation sites (N-methyl/N-ethyl adjacent to an activating group) is 1. The first-order chi connectivity index (χ1) is 13.4. The fourth-order valence-electron chi connectivity index (χ4n) is 3.72. The van der Waals surface area contributed by atoms with Gasteiger partial charge in [-0.1, -0.05) is 0 Å². The molecule has 0 radical (unpaired) electrons. The third-order valence-corrected chi connectivity index (χ3v) is 5.22. The molecule has 0 aromatic carbocycles. The van der Waals surface area contributed by atoms with Gasteiger partial charge in [0.25, 0.3) is 5.91 Å². The topological polar surface area (TPSA) is 76.3 Å². The Hall–Kier alpha value is -2.48. The molecule has 8 nitrogen and oxygen atoms in total. The Kier molecular flexibility index (Phi) is 6.28. The smallest absolute Gasteiger partial charge is 0.338 e. The van der Waals surface area contributed by atoms with Gasteiger partial charge < -0.3 is 9.80 Å². The quantitative estimate of drug-likeness (QED) is 0.749. The van der Waals surface area contributed by atoms with E-state index in [-0.39, 0.29) is 17.5 Å².